The number of benzene rings is 7. The Bertz CT molecular complexity index is 3840. The van der Waals surface area contributed by atoms with Gasteiger partial charge in [-0.2, -0.15) is 0 Å². The number of aromatic nitrogens is 1. The number of hydrogen-bond acceptors (Lipinski definition) is 3. The number of hydrogen-bond donors (Lipinski definition) is 0. The molecule has 1 saturated carbocycles. The van der Waals surface area contributed by atoms with Gasteiger partial charge in [0.05, 0.1) is 27.0 Å². The second-order valence-corrected chi connectivity index (χ2v) is 27.6. The molecule has 2 unspecified atom stereocenters. The van der Waals surface area contributed by atoms with E-state index in [0.29, 0.717) is 0 Å². The minimum Gasteiger partial charge on any atom is -0.334 e. The molecule has 15 rings (SSSR count). The Morgan fingerprint density at radius 1 is 0.528 bits per heavy atom. The minimum atomic E-state index is -0.288. The molecule has 2 atom stereocenters. The fraction of sp³-hybridized carbons (Fsp3) is 0.343. The summed E-state index contributed by atoms with van der Waals surface area (Å²) in [5, 5.41) is 2.72. The molecule has 3 nitrogen and oxygen atoms in total. The summed E-state index contributed by atoms with van der Waals surface area (Å²) in [7, 11) is 0. The third kappa shape index (κ3) is 5.75. The van der Waals surface area contributed by atoms with Gasteiger partial charge in [0.1, 0.15) is 0 Å². The Balaban J connectivity index is 1.14. The molecule has 5 heteroatoms. The number of nitrogens with zero attached hydrogens (tertiary/aromatic N) is 3. The largest absolute Gasteiger partial charge is 0.334 e. The van der Waals surface area contributed by atoms with Crippen LogP contribution in [-0.4, -0.2) is 16.8 Å². The fourth-order valence-corrected chi connectivity index (χ4v) is 15.6. The molecule has 5 aliphatic heterocycles. The summed E-state index contributed by atoms with van der Waals surface area (Å²) in [6.45, 7) is 31.5. The molecule has 9 aromatic rings. The first-order valence-electron chi connectivity index (χ1n) is 26.9. The summed E-state index contributed by atoms with van der Waals surface area (Å²) in [6, 6.07) is 51.8. The van der Waals surface area contributed by atoms with E-state index in [-0.39, 0.29) is 39.3 Å². The maximum Gasteiger partial charge on any atom is 0.252 e. The number of rotatable bonds is 1. The van der Waals surface area contributed by atoms with Crippen LogP contribution in [0, 0.1) is 0 Å². The Kier molecular flexibility index (Phi) is 8.79. The van der Waals surface area contributed by atoms with Gasteiger partial charge in [0.15, 0.2) is 0 Å². The van der Waals surface area contributed by atoms with Gasteiger partial charge in [-0.25, -0.2) is 0 Å². The minimum absolute atomic E-state index is 0.0153. The van der Waals surface area contributed by atoms with Crippen molar-refractivity contribution in [3.63, 3.8) is 0 Å². The summed E-state index contributed by atoms with van der Waals surface area (Å²) in [6.07, 6.45) is 4.86. The van der Waals surface area contributed by atoms with E-state index in [1.165, 1.54) is 145 Å². The Labute approximate surface area is 432 Å². The van der Waals surface area contributed by atoms with E-state index in [1.807, 2.05) is 11.3 Å². The molecule has 0 spiro atoms. The molecular formula is C67H68BN3S. The molecule has 7 aromatic carbocycles. The lowest BCUT2D eigenvalue weighted by molar-refractivity contribution is 0.195. The summed E-state index contributed by atoms with van der Waals surface area (Å²) >= 11 is 1.97. The van der Waals surface area contributed by atoms with Crippen LogP contribution in [0.5, 0.6) is 0 Å². The first-order valence-corrected chi connectivity index (χ1v) is 27.7. The van der Waals surface area contributed by atoms with Crippen molar-refractivity contribution in [3.8, 4) is 16.8 Å². The third-order valence-corrected chi connectivity index (χ3v) is 20.2. The number of fused-ring (bicyclic) bond motifs is 14. The lowest BCUT2D eigenvalue weighted by atomic mass is 9.33. The highest BCUT2D eigenvalue weighted by Crippen LogP contribution is 2.62. The molecule has 0 N–H and O–H groups in total. The van der Waals surface area contributed by atoms with Gasteiger partial charge in [0.25, 0.3) is 6.71 Å². The van der Waals surface area contributed by atoms with Gasteiger partial charge in [-0.3, -0.25) is 0 Å². The molecule has 1 aliphatic carbocycles. The maximum atomic E-state index is 2.81. The van der Waals surface area contributed by atoms with Crippen molar-refractivity contribution >= 4 is 94.1 Å². The molecule has 360 valence electrons. The van der Waals surface area contributed by atoms with Gasteiger partial charge in [0.2, 0.25) is 0 Å². The van der Waals surface area contributed by atoms with Gasteiger partial charge >= 0.3 is 0 Å². The zero-order valence-corrected chi connectivity index (χ0v) is 45.6. The second kappa shape index (κ2) is 14.2. The van der Waals surface area contributed by atoms with E-state index in [0.717, 1.165) is 6.42 Å². The molecule has 6 aliphatic rings. The fourth-order valence-electron chi connectivity index (χ4n) is 14.4. The Hall–Kier alpha value is -6.04. The van der Waals surface area contributed by atoms with Gasteiger partial charge < -0.3 is 14.4 Å². The van der Waals surface area contributed by atoms with Crippen molar-refractivity contribution < 1.29 is 0 Å². The summed E-state index contributed by atoms with van der Waals surface area (Å²) in [5.41, 5.74) is 25.2. The number of thiophene rings is 1. The standard InChI is InChI=1S/C67H68BN3S/c1-62(2,3)41-24-28-52-47(32-41)39-20-22-40(23-21-39)65(10,11)44-36-55-58-56(37-44)70-59-48(61-60(70)46-18-14-15-19-57(46)72-61)33-43(64(7,8)9)35-51(59)68(58)50-27-26-45(38-54(50)69(52)55)71-53-29-25-42(63(4,5)6)34-49(53)66(12)30-16-17-31-67(66,71)13/h14-15,18-29,32-38H,16-17,30-31H2,1-13H3. The van der Waals surface area contributed by atoms with Gasteiger partial charge in [-0.15, -0.1) is 11.3 Å². The van der Waals surface area contributed by atoms with Crippen molar-refractivity contribution in [2.45, 2.75) is 148 Å². The van der Waals surface area contributed by atoms with E-state index >= 15 is 0 Å². The molecule has 0 saturated heterocycles. The SMILES string of the molecule is CC(C)(C)c1ccc2c(c1)-c1ccc(cc1)C(C)(C)c1cc3c4c(c1)-n1c5c(cc(C(C)(C)C)cc5c5sc6ccccc6c51)B4c1ccc(N4c5ccc(C(C)(C)C)cc5C5(C)CCCCC45C)cc1N23. The maximum absolute atomic E-state index is 2.81. The van der Waals surface area contributed by atoms with E-state index in [1.54, 1.807) is 0 Å². The van der Waals surface area contributed by atoms with Gasteiger partial charge in [-0.1, -0.05) is 169 Å². The summed E-state index contributed by atoms with van der Waals surface area (Å²) < 4.78 is 5.46. The quantitative estimate of drug-likeness (QED) is 0.152. The van der Waals surface area contributed by atoms with E-state index in [2.05, 4.69) is 232 Å². The van der Waals surface area contributed by atoms with Crippen LogP contribution in [-0.2, 0) is 27.1 Å². The first-order chi connectivity index (χ1) is 34.1. The first kappa shape index (κ1) is 44.6. The van der Waals surface area contributed by atoms with Gasteiger partial charge in [-0.05, 0) is 146 Å². The molecule has 7 heterocycles. The van der Waals surface area contributed by atoms with E-state index < -0.39 is 0 Å². The zero-order valence-electron chi connectivity index (χ0n) is 44.8. The van der Waals surface area contributed by atoms with Crippen LogP contribution < -0.4 is 26.2 Å². The van der Waals surface area contributed by atoms with Crippen molar-refractivity contribution in [1.82, 2.24) is 4.57 Å². The van der Waals surface area contributed by atoms with Crippen LogP contribution >= 0.6 is 11.3 Å². The molecule has 72 heavy (non-hydrogen) atoms. The van der Waals surface area contributed by atoms with Crippen molar-refractivity contribution in [2.75, 3.05) is 9.80 Å². The Morgan fingerprint density at radius 2 is 1.21 bits per heavy atom. The second-order valence-electron chi connectivity index (χ2n) is 26.6. The monoisotopic (exact) mass is 958 g/mol. The van der Waals surface area contributed by atoms with Crippen LogP contribution in [0.2, 0.25) is 0 Å². The Morgan fingerprint density at radius 3 is 1.94 bits per heavy atom. The highest BCUT2D eigenvalue weighted by molar-refractivity contribution is 7.26. The predicted molar refractivity (Wildman–Crippen MR) is 312 cm³/mol. The van der Waals surface area contributed by atoms with E-state index in [4.69, 9.17) is 0 Å². The average Bonchev–Trinajstić information content (AvgIpc) is 3.94. The van der Waals surface area contributed by atoms with Crippen LogP contribution in [0.4, 0.5) is 28.4 Å². The molecular weight excluding hydrogens is 890 g/mol. The van der Waals surface area contributed by atoms with Crippen LogP contribution in [0.25, 0.3) is 48.0 Å². The smallest absolute Gasteiger partial charge is 0.252 e. The molecule has 0 radical (unpaired) electrons. The van der Waals surface area contributed by atoms with Crippen LogP contribution in [0.15, 0.2) is 127 Å². The van der Waals surface area contributed by atoms with E-state index in [9.17, 15) is 0 Å². The normalized spacial score (nSPS) is 20.5. The van der Waals surface area contributed by atoms with Gasteiger partial charge in [0, 0.05) is 60.3 Å². The third-order valence-electron chi connectivity index (χ3n) is 19.0. The van der Waals surface area contributed by atoms with Crippen molar-refractivity contribution in [1.29, 1.82) is 0 Å². The molecule has 4 bridgehead atoms. The zero-order chi connectivity index (χ0) is 50.0. The van der Waals surface area contributed by atoms with Crippen molar-refractivity contribution in [2.24, 2.45) is 0 Å². The molecule has 2 aromatic heterocycles. The lowest BCUT2D eigenvalue weighted by Gasteiger charge is -2.50. The summed E-state index contributed by atoms with van der Waals surface area (Å²) in [5.74, 6) is 0. The van der Waals surface area contributed by atoms with Crippen molar-refractivity contribution in [3.05, 3.63) is 161 Å². The highest BCUT2D eigenvalue weighted by Gasteiger charge is 2.58. The molecule has 1 fully saturated rings. The topological polar surface area (TPSA) is 11.4 Å². The highest BCUT2D eigenvalue weighted by atomic mass is 32.1. The predicted octanol–water partition coefficient (Wildman–Crippen LogP) is 16.6. The molecule has 0 amide bonds. The summed E-state index contributed by atoms with van der Waals surface area (Å²) in [4.78, 5) is 5.55. The number of anilines is 5. The van der Waals surface area contributed by atoms with Crippen LogP contribution in [0.1, 0.15) is 149 Å². The lowest BCUT2D eigenvalue weighted by Crippen LogP contribution is -2.61. The average molecular weight is 958 g/mol. The van der Waals surface area contributed by atoms with Crippen LogP contribution in [0.3, 0.4) is 0 Å².